The number of oxime groups is 1. The molecule has 2 aromatic heterocycles. The lowest BCUT2D eigenvalue weighted by Gasteiger charge is -2.49. The van der Waals surface area contributed by atoms with Gasteiger partial charge < -0.3 is 25.9 Å². The maximum absolute atomic E-state index is 13.2. The monoisotopic (exact) mass is 594 g/mol. The number of aliphatic carboxylic acids is 1. The number of carbonyl (C=O) groups is 4. The number of likely N-dealkylation sites (N-methyl/N-ethyl adjacent to an activating group) is 1. The Morgan fingerprint density at radius 3 is 2.74 bits per heavy atom. The first-order chi connectivity index (χ1) is 18.7. The molecule has 0 saturated carbocycles. The summed E-state index contributed by atoms with van der Waals surface area (Å²) in [6, 6.07) is -1.01. The normalized spacial score (nSPS) is 23.1. The molecule has 2 saturated heterocycles. The Bertz CT molecular complexity index is 1410. The SMILES string of the molecule is CN1CCC(O/N=C(\C(=O)N[C@@H]2C(=O)N3C(C(=O)O)=C(CSc4nnnn4C)CS[C@@H]23)c2csc(N)n2)C1=O. The number of aromatic nitrogens is 5. The van der Waals surface area contributed by atoms with Crippen molar-refractivity contribution in [2.45, 2.75) is 29.1 Å². The number of thioether (sulfide) groups is 2. The molecule has 4 N–H and O–H groups in total. The summed E-state index contributed by atoms with van der Waals surface area (Å²) >= 11 is 3.66. The number of carboxylic acid groups (broad SMARTS) is 1. The van der Waals surface area contributed by atoms with E-state index in [4.69, 9.17) is 10.6 Å². The first-order valence-corrected chi connectivity index (χ1v) is 14.3. The zero-order chi connectivity index (χ0) is 27.8. The van der Waals surface area contributed by atoms with Gasteiger partial charge in [0.2, 0.25) is 11.3 Å². The fraction of sp³-hybridized carbons (Fsp3) is 0.450. The van der Waals surface area contributed by atoms with Crippen molar-refractivity contribution in [2.75, 3.05) is 30.8 Å². The summed E-state index contributed by atoms with van der Waals surface area (Å²) in [7, 11) is 3.30. The van der Waals surface area contributed by atoms with Crippen molar-refractivity contribution in [3.63, 3.8) is 0 Å². The summed E-state index contributed by atoms with van der Waals surface area (Å²) in [4.78, 5) is 62.8. The fourth-order valence-corrected chi connectivity index (χ4v) is 6.99. The second-order valence-corrected chi connectivity index (χ2v) is 11.6. The number of rotatable bonds is 9. The number of nitrogens with zero attached hydrogens (tertiary/aromatic N) is 8. The third kappa shape index (κ3) is 5.15. The topological polar surface area (TPSA) is 211 Å². The first kappa shape index (κ1) is 26.9. The first-order valence-electron chi connectivity index (χ1n) is 11.4. The summed E-state index contributed by atoms with van der Waals surface area (Å²) in [6.07, 6.45) is -0.444. The minimum Gasteiger partial charge on any atom is -0.477 e. The number of carbonyl (C=O) groups excluding carboxylic acids is 3. The van der Waals surface area contributed by atoms with Crippen molar-refractivity contribution in [3.05, 3.63) is 22.3 Å². The van der Waals surface area contributed by atoms with Crippen LogP contribution < -0.4 is 11.1 Å². The number of anilines is 1. The van der Waals surface area contributed by atoms with Gasteiger partial charge in [-0.3, -0.25) is 19.3 Å². The number of likely N-dealkylation sites (tertiary alicyclic amines) is 1. The zero-order valence-corrected chi connectivity index (χ0v) is 23.0. The van der Waals surface area contributed by atoms with Crippen LogP contribution in [0.4, 0.5) is 5.13 Å². The van der Waals surface area contributed by atoms with Gasteiger partial charge in [0.05, 0.1) is 0 Å². The van der Waals surface area contributed by atoms with E-state index in [0.29, 0.717) is 29.4 Å². The summed E-state index contributed by atoms with van der Waals surface area (Å²) in [6.45, 7) is 0.491. The number of nitrogen functional groups attached to an aromatic ring is 1. The van der Waals surface area contributed by atoms with E-state index < -0.39 is 35.3 Å². The van der Waals surface area contributed by atoms with E-state index in [0.717, 1.165) is 11.3 Å². The maximum Gasteiger partial charge on any atom is 0.352 e. The van der Waals surface area contributed by atoms with Crippen molar-refractivity contribution >= 4 is 69.4 Å². The van der Waals surface area contributed by atoms with Crippen molar-refractivity contribution in [3.8, 4) is 0 Å². The number of hydrogen-bond acceptors (Lipinski definition) is 14. The second-order valence-electron chi connectivity index (χ2n) is 8.65. The van der Waals surface area contributed by atoms with Crippen molar-refractivity contribution < 1.29 is 29.1 Å². The van der Waals surface area contributed by atoms with Crippen molar-refractivity contribution in [1.29, 1.82) is 0 Å². The number of hydrogen-bond donors (Lipinski definition) is 3. The molecule has 5 heterocycles. The van der Waals surface area contributed by atoms with E-state index in [2.05, 4.69) is 31.0 Å². The van der Waals surface area contributed by atoms with Gasteiger partial charge in [0.25, 0.3) is 17.7 Å². The molecule has 2 fully saturated rings. The number of amides is 3. The molecule has 39 heavy (non-hydrogen) atoms. The number of fused-ring (bicyclic) bond motifs is 1. The van der Waals surface area contributed by atoms with E-state index in [9.17, 15) is 24.3 Å². The van der Waals surface area contributed by atoms with Gasteiger partial charge in [0, 0.05) is 43.9 Å². The van der Waals surface area contributed by atoms with Gasteiger partial charge in [0.1, 0.15) is 22.8 Å². The van der Waals surface area contributed by atoms with Crippen LogP contribution >= 0.6 is 34.9 Å². The highest BCUT2D eigenvalue weighted by Crippen LogP contribution is 2.41. The molecule has 0 bridgehead atoms. The van der Waals surface area contributed by atoms with Gasteiger partial charge in [-0.2, -0.15) is 0 Å². The van der Waals surface area contributed by atoms with Crippen molar-refractivity contribution in [2.24, 2.45) is 12.2 Å². The molecule has 3 amide bonds. The molecule has 0 radical (unpaired) electrons. The van der Waals surface area contributed by atoms with Crippen LogP contribution in [0.3, 0.4) is 0 Å². The molecular weight excluding hydrogens is 572 g/mol. The minimum atomic E-state index is -1.25. The van der Waals surface area contributed by atoms with E-state index in [1.807, 2.05) is 0 Å². The predicted molar refractivity (Wildman–Crippen MR) is 139 cm³/mol. The Balaban J connectivity index is 1.31. The van der Waals surface area contributed by atoms with Crippen LogP contribution in [-0.4, -0.2) is 112 Å². The minimum absolute atomic E-state index is 0.120. The summed E-state index contributed by atoms with van der Waals surface area (Å²) < 4.78 is 1.46. The predicted octanol–water partition coefficient (Wildman–Crippen LogP) is -1.27. The molecule has 2 aromatic rings. The quantitative estimate of drug-likeness (QED) is 0.134. The van der Waals surface area contributed by atoms with Gasteiger partial charge in [-0.1, -0.05) is 16.9 Å². The number of tetrazole rings is 1. The van der Waals surface area contributed by atoms with E-state index >= 15 is 0 Å². The molecule has 3 atom stereocenters. The third-order valence-corrected chi connectivity index (χ3v) is 9.23. The van der Waals surface area contributed by atoms with Gasteiger partial charge in [-0.25, -0.2) is 14.5 Å². The van der Waals surface area contributed by atoms with E-state index in [-0.39, 0.29) is 33.9 Å². The lowest BCUT2D eigenvalue weighted by molar-refractivity contribution is -0.150. The Hall–Kier alpha value is -3.71. The zero-order valence-electron chi connectivity index (χ0n) is 20.5. The van der Waals surface area contributed by atoms with E-state index in [1.54, 1.807) is 14.1 Å². The Labute approximate surface area is 233 Å². The molecule has 0 aromatic carbocycles. The number of nitrogens with one attached hydrogen (secondary N) is 1. The van der Waals surface area contributed by atoms with Crippen LogP contribution in [0.25, 0.3) is 0 Å². The van der Waals surface area contributed by atoms with Gasteiger partial charge in [0.15, 0.2) is 10.8 Å². The highest BCUT2D eigenvalue weighted by atomic mass is 32.2. The van der Waals surface area contributed by atoms with Crippen LogP contribution in [0.15, 0.2) is 27.0 Å². The largest absolute Gasteiger partial charge is 0.477 e. The summed E-state index contributed by atoms with van der Waals surface area (Å²) in [5.41, 5.74) is 6.01. The maximum atomic E-state index is 13.2. The van der Waals surface area contributed by atoms with Crippen molar-refractivity contribution in [1.82, 2.24) is 40.3 Å². The lowest BCUT2D eigenvalue weighted by atomic mass is 10.0. The molecule has 3 aliphatic heterocycles. The number of carboxylic acids is 1. The summed E-state index contributed by atoms with van der Waals surface area (Å²) in [5, 5.41) is 29.2. The molecule has 3 aliphatic rings. The second kappa shape index (κ2) is 10.8. The molecule has 0 aliphatic carbocycles. The Morgan fingerprint density at radius 2 is 2.13 bits per heavy atom. The molecule has 206 valence electrons. The average molecular weight is 595 g/mol. The highest BCUT2D eigenvalue weighted by Gasteiger charge is 2.54. The standard InChI is InChI=1S/C20H22N10O6S3/c1-28-4-3-10(15(28)32)36-25-11(9-7-38-19(21)22-9)14(31)23-12-16(33)30-13(18(34)35)8(5-37-17(12)30)6-39-20-24-26-27-29(20)2/h7,10,12,17H,3-6H2,1-2H3,(H2,21,22)(H,23,31)(H,34,35)/b25-11-/t10?,12-,17+/m1/s1. The summed E-state index contributed by atoms with van der Waals surface area (Å²) in [5.74, 6) is -2.27. The number of β-lactam (4-membered cyclic amide) rings is 1. The van der Waals surface area contributed by atoms with Crippen LogP contribution in [0.2, 0.25) is 0 Å². The van der Waals surface area contributed by atoms with E-state index in [1.165, 1.54) is 43.4 Å². The molecular formula is C20H22N10O6S3. The number of aryl methyl sites for hydroxylation is 1. The van der Waals surface area contributed by atoms with Gasteiger partial charge in [-0.15, -0.1) is 28.2 Å². The van der Waals surface area contributed by atoms with Crippen LogP contribution in [-0.2, 0) is 31.1 Å². The number of nitrogens with two attached hydrogens (primary N) is 1. The molecule has 1 unspecified atom stereocenters. The fourth-order valence-electron chi connectivity index (χ4n) is 4.10. The van der Waals surface area contributed by atoms with Gasteiger partial charge >= 0.3 is 5.97 Å². The van der Waals surface area contributed by atoms with Crippen LogP contribution in [0.1, 0.15) is 12.1 Å². The Kier molecular flexibility index (Phi) is 7.45. The molecule has 0 spiro atoms. The van der Waals surface area contributed by atoms with Crippen LogP contribution in [0.5, 0.6) is 0 Å². The smallest absolute Gasteiger partial charge is 0.352 e. The molecule has 5 rings (SSSR count). The Morgan fingerprint density at radius 1 is 1.33 bits per heavy atom. The highest BCUT2D eigenvalue weighted by molar-refractivity contribution is 8.01. The third-order valence-electron chi connectivity index (χ3n) is 6.12. The van der Waals surface area contributed by atoms with Crippen LogP contribution in [0, 0.1) is 0 Å². The molecule has 19 heteroatoms. The van der Waals surface area contributed by atoms with Gasteiger partial charge in [-0.05, 0) is 16.0 Å². The average Bonchev–Trinajstić information content (AvgIpc) is 3.61. The number of thiazole rings is 1. The lowest BCUT2D eigenvalue weighted by Crippen LogP contribution is -2.71. The molecule has 16 nitrogen and oxygen atoms in total.